The largest absolute Gasteiger partial charge is 0.481 e. The standard InChI is InChI=1S/C27H34N2O5S/c1-17(2)14-18(26(31)32)15-28-25(30)24(12-13-35-3)29-27(33)34-16-23-21-10-6-4-8-19(21)20-9-5-7-11-22(20)23/h4-11,17-18,23-24H,12-16H2,1-3H3,(H,28,30)(H,29,33)(H,31,32)/t18?,24-/m1/s1. The fourth-order valence-electron chi connectivity index (χ4n) is 4.47. The van der Waals surface area contributed by atoms with Crippen LogP contribution in [0.15, 0.2) is 48.5 Å². The Kier molecular flexibility index (Phi) is 9.60. The number of carboxylic acid groups (broad SMARTS) is 1. The van der Waals surface area contributed by atoms with Crippen molar-refractivity contribution in [1.82, 2.24) is 10.6 Å². The molecule has 2 aromatic carbocycles. The lowest BCUT2D eigenvalue weighted by Gasteiger charge is -2.21. The molecular formula is C27H34N2O5S. The smallest absolute Gasteiger partial charge is 0.407 e. The number of aliphatic carboxylic acids is 1. The van der Waals surface area contributed by atoms with Gasteiger partial charge in [-0.1, -0.05) is 62.4 Å². The quantitative estimate of drug-likeness (QED) is 0.398. The maximum absolute atomic E-state index is 12.8. The van der Waals surface area contributed by atoms with Crippen molar-refractivity contribution in [1.29, 1.82) is 0 Å². The second-order valence-electron chi connectivity index (χ2n) is 9.21. The number of rotatable bonds is 12. The lowest BCUT2D eigenvalue weighted by molar-refractivity contribution is -0.142. The summed E-state index contributed by atoms with van der Waals surface area (Å²) in [5.74, 6) is -1.23. The third kappa shape index (κ3) is 7.01. The van der Waals surface area contributed by atoms with E-state index in [1.165, 1.54) is 0 Å². The minimum Gasteiger partial charge on any atom is -0.481 e. The van der Waals surface area contributed by atoms with Gasteiger partial charge in [-0.05, 0) is 53.0 Å². The molecule has 1 aliphatic carbocycles. The summed E-state index contributed by atoms with van der Waals surface area (Å²) in [5.41, 5.74) is 4.51. The van der Waals surface area contributed by atoms with Crippen LogP contribution in [0.1, 0.15) is 43.7 Å². The van der Waals surface area contributed by atoms with Gasteiger partial charge in [-0.25, -0.2) is 4.79 Å². The number of benzene rings is 2. The van der Waals surface area contributed by atoms with Crippen LogP contribution in [0.25, 0.3) is 11.1 Å². The highest BCUT2D eigenvalue weighted by Gasteiger charge is 2.30. The van der Waals surface area contributed by atoms with Gasteiger partial charge >= 0.3 is 12.1 Å². The number of hydrogen-bond acceptors (Lipinski definition) is 5. The first-order valence-corrected chi connectivity index (χ1v) is 13.3. The molecule has 0 aromatic heterocycles. The Morgan fingerprint density at radius 1 is 1.03 bits per heavy atom. The van der Waals surface area contributed by atoms with Gasteiger partial charge in [0.2, 0.25) is 5.91 Å². The highest BCUT2D eigenvalue weighted by Crippen LogP contribution is 2.44. The van der Waals surface area contributed by atoms with Crippen LogP contribution in [0.3, 0.4) is 0 Å². The van der Waals surface area contributed by atoms with Crippen molar-refractivity contribution >= 4 is 29.7 Å². The van der Waals surface area contributed by atoms with Crippen LogP contribution in [0, 0.1) is 11.8 Å². The van der Waals surface area contributed by atoms with Crippen LogP contribution in [0.2, 0.25) is 0 Å². The van der Waals surface area contributed by atoms with Crippen molar-refractivity contribution in [3.05, 3.63) is 59.7 Å². The topological polar surface area (TPSA) is 105 Å². The zero-order valence-electron chi connectivity index (χ0n) is 20.5. The second-order valence-corrected chi connectivity index (χ2v) is 10.2. The molecule has 2 atom stereocenters. The molecule has 1 aliphatic rings. The highest BCUT2D eigenvalue weighted by molar-refractivity contribution is 7.98. The fraction of sp³-hybridized carbons (Fsp3) is 0.444. The maximum atomic E-state index is 12.8. The van der Waals surface area contributed by atoms with Crippen molar-refractivity contribution in [3.8, 4) is 11.1 Å². The van der Waals surface area contributed by atoms with Gasteiger partial charge in [0.1, 0.15) is 12.6 Å². The zero-order valence-corrected chi connectivity index (χ0v) is 21.3. The van der Waals surface area contributed by atoms with Crippen molar-refractivity contribution in [3.63, 3.8) is 0 Å². The number of carbonyl (C=O) groups is 3. The normalized spacial score (nSPS) is 14.1. The number of carboxylic acids is 1. The summed E-state index contributed by atoms with van der Waals surface area (Å²) in [6, 6.07) is 15.4. The Hall–Kier alpha value is -3.00. The number of hydrogen-bond donors (Lipinski definition) is 3. The van der Waals surface area contributed by atoms with Gasteiger partial charge in [-0.15, -0.1) is 0 Å². The van der Waals surface area contributed by atoms with Crippen molar-refractivity contribution in [2.75, 3.05) is 25.2 Å². The summed E-state index contributed by atoms with van der Waals surface area (Å²) in [5, 5.41) is 14.8. The molecule has 35 heavy (non-hydrogen) atoms. The van der Waals surface area contributed by atoms with Gasteiger partial charge in [-0.2, -0.15) is 11.8 Å². The number of fused-ring (bicyclic) bond motifs is 3. The summed E-state index contributed by atoms with van der Waals surface area (Å²) in [4.78, 5) is 37.0. The van der Waals surface area contributed by atoms with E-state index in [1.54, 1.807) is 11.8 Å². The van der Waals surface area contributed by atoms with Crippen LogP contribution >= 0.6 is 11.8 Å². The van der Waals surface area contributed by atoms with E-state index >= 15 is 0 Å². The summed E-state index contributed by atoms with van der Waals surface area (Å²) in [7, 11) is 0. The molecular weight excluding hydrogens is 464 g/mol. The third-order valence-electron chi connectivity index (χ3n) is 6.19. The maximum Gasteiger partial charge on any atom is 0.407 e. The highest BCUT2D eigenvalue weighted by atomic mass is 32.2. The Bertz CT molecular complexity index is 996. The monoisotopic (exact) mass is 498 g/mol. The van der Waals surface area contributed by atoms with Crippen LogP contribution in [0.5, 0.6) is 0 Å². The molecule has 0 fully saturated rings. The van der Waals surface area contributed by atoms with Gasteiger partial charge in [0.15, 0.2) is 0 Å². The van der Waals surface area contributed by atoms with E-state index in [9.17, 15) is 19.5 Å². The molecule has 2 amide bonds. The molecule has 0 aliphatic heterocycles. The number of thioether (sulfide) groups is 1. The minimum absolute atomic E-state index is 0.0223. The van der Waals surface area contributed by atoms with Gasteiger partial charge in [0.05, 0.1) is 5.92 Å². The van der Waals surface area contributed by atoms with Crippen LogP contribution in [0.4, 0.5) is 4.79 Å². The molecule has 3 rings (SSSR count). The number of amides is 2. The van der Waals surface area contributed by atoms with Gasteiger partial charge in [0, 0.05) is 12.5 Å². The SMILES string of the molecule is CSCC[C@@H](NC(=O)OCC1c2ccccc2-c2ccccc21)C(=O)NCC(CC(C)C)C(=O)O. The van der Waals surface area contributed by atoms with E-state index in [-0.39, 0.29) is 25.0 Å². The first kappa shape index (κ1) is 26.6. The van der Waals surface area contributed by atoms with Crippen molar-refractivity contribution in [2.45, 2.75) is 38.6 Å². The summed E-state index contributed by atoms with van der Waals surface area (Å²) >= 11 is 1.56. The lowest BCUT2D eigenvalue weighted by atomic mass is 9.97. The van der Waals surface area contributed by atoms with Crippen molar-refractivity contribution < 1.29 is 24.2 Å². The first-order chi connectivity index (χ1) is 16.8. The van der Waals surface area contributed by atoms with Crippen molar-refractivity contribution in [2.24, 2.45) is 11.8 Å². The second kappa shape index (κ2) is 12.6. The summed E-state index contributed by atoms with van der Waals surface area (Å²) < 4.78 is 5.59. The predicted molar refractivity (Wildman–Crippen MR) is 139 cm³/mol. The average molecular weight is 499 g/mol. The molecule has 188 valence electrons. The van der Waals surface area contributed by atoms with E-state index in [2.05, 4.69) is 22.8 Å². The molecule has 2 aromatic rings. The Morgan fingerprint density at radius 3 is 2.17 bits per heavy atom. The number of carbonyl (C=O) groups excluding carboxylic acids is 2. The van der Waals surface area contributed by atoms with E-state index in [1.807, 2.05) is 56.5 Å². The molecule has 0 saturated heterocycles. The summed E-state index contributed by atoms with van der Waals surface area (Å²) in [6.45, 7) is 4.07. The Balaban J connectivity index is 1.60. The van der Waals surface area contributed by atoms with E-state index in [0.717, 1.165) is 22.3 Å². The number of ether oxygens (including phenoxy) is 1. The van der Waals surface area contributed by atoms with Gasteiger partial charge < -0.3 is 20.5 Å². The Labute approximate surface area is 211 Å². The molecule has 0 spiro atoms. The van der Waals surface area contributed by atoms with E-state index in [0.29, 0.717) is 18.6 Å². The van der Waals surface area contributed by atoms with Crippen LogP contribution < -0.4 is 10.6 Å². The van der Waals surface area contributed by atoms with E-state index < -0.39 is 29.9 Å². The molecule has 0 radical (unpaired) electrons. The Morgan fingerprint density at radius 2 is 1.63 bits per heavy atom. The fourth-order valence-corrected chi connectivity index (χ4v) is 4.95. The van der Waals surface area contributed by atoms with Gasteiger partial charge in [-0.3, -0.25) is 9.59 Å². The van der Waals surface area contributed by atoms with Crippen LogP contribution in [-0.4, -0.2) is 54.3 Å². The third-order valence-corrected chi connectivity index (χ3v) is 6.83. The predicted octanol–water partition coefficient (Wildman–Crippen LogP) is 4.51. The first-order valence-electron chi connectivity index (χ1n) is 11.9. The lowest BCUT2D eigenvalue weighted by Crippen LogP contribution is -2.49. The van der Waals surface area contributed by atoms with E-state index in [4.69, 9.17) is 4.74 Å². The minimum atomic E-state index is -0.941. The molecule has 0 heterocycles. The van der Waals surface area contributed by atoms with Crippen LogP contribution in [-0.2, 0) is 14.3 Å². The average Bonchev–Trinajstić information content (AvgIpc) is 3.16. The number of nitrogens with one attached hydrogen (secondary N) is 2. The molecule has 1 unspecified atom stereocenters. The van der Waals surface area contributed by atoms with Gasteiger partial charge in [0.25, 0.3) is 0 Å². The molecule has 3 N–H and O–H groups in total. The molecule has 0 bridgehead atoms. The number of alkyl carbamates (subject to hydrolysis) is 1. The molecule has 7 nitrogen and oxygen atoms in total. The molecule has 8 heteroatoms. The molecule has 0 saturated carbocycles. The zero-order chi connectivity index (χ0) is 25.4. The summed E-state index contributed by atoms with van der Waals surface area (Å²) in [6.07, 6.45) is 2.14.